The molecular formula is C16H21N3. The lowest BCUT2D eigenvalue weighted by Crippen LogP contribution is -2.28. The van der Waals surface area contributed by atoms with E-state index >= 15 is 0 Å². The van der Waals surface area contributed by atoms with Gasteiger partial charge in [-0.25, -0.2) is 0 Å². The Morgan fingerprint density at radius 2 is 1.89 bits per heavy atom. The van der Waals surface area contributed by atoms with E-state index in [0.29, 0.717) is 17.8 Å². The lowest BCUT2D eigenvalue weighted by Gasteiger charge is -2.22. The van der Waals surface area contributed by atoms with Crippen LogP contribution in [0, 0.1) is 11.3 Å². The predicted molar refractivity (Wildman–Crippen MR) is 77.8 cm³/mol. The first-order chi connectivity index (χ1) is 9.20. The van der Waals surface area contributed by atoms with Crippen LogP contribution < -0.4 is 0 Å². The summed E-state index contributed by atoms with van der Waals surface area (Å²) in [5.41, 5.74) is 1.90. The summed E-state index contributed by atoms with van der Waals surface area (Å²) in [6.45, 7) is 4.36. The molecule has 1 aromatic rings. The molecule has 2 atom stereocenters. The molecule has 0 aromatic heterocycles. The molecule has 0 radical (unpaired) electrons. The number of hydrogen-bond acceptors (Lipinski definition) is 3. The van der Waals surface area contributed by atoms with Crippen LogP contribution in [0.15, 0.2) is 35.4 Å². The minimum Gasteiger partial charge on any atom is -0.291 e. The van der Waals surface area contributed by atoms with E-state index in [0.717, 1.165) is 12.8 Å². The molecule has 0 N–H and O–H groups in total. The zero-order valence-corrected chi connectivity index (χ0v) is 11.7. The van der Waals surface area contributed by atoms with Gasteiger partial charge in [0.2, 0.25) is 0 Å². The highest BCUT2D eigenvalue weighted by Gasteiger charge is 2.26. The van der Waals surface area contributed by atoms with Crippen LogP contribution in [0.25, 0.3) is 0 Å². The average Bonchev–Trinajstić information content (AvgIpc) is 2.75. The fourth-order valence-corrected chi connectivity index (χ4v) is 2.55. The second-order valence-corrected chi connectivity index (χ2v) is 5.30. The van der Waals surface area contributed by atoms with Gasteiger partial charge >= 0.3 is 0 Å². The molecule has 19 heavy (non-hydrogen) atoms. The van der Waals surface area contributed by atoms with Crippen molar-refractivity contribution in [3.05, 3.63) is 35.9 Å². The predicted octanol–water partition coefficient (Wildman–Crippen LogP) is 3.37. The number of nitriles is 1. The molecule has 0 aliphatic carbocycles. The molecule has 3 heteroatoms. The van der Waals surface area contributed by atoms with Crippen molar-refractivity contribution in [1.29, 1.82) is 5.26 Å². The lowest BCUT2D eigenvalue weighted by atomic mass is 10.1. The van der Waals surface area contributed by atoms with Gasteiger partial charge in [-0.2, -0.15) is 10.4 Å². The van der Waals surface area contributed by atoms with Gasteiger partial charge in [-0.3, -0.25) is 5.01 Å². The lowest BCUT2D eigenvalue weighted by molar-refractivity contribution is 0.225. The molecule has 1 aromatic carbocycles. The van der Waals surface area contributed by atoms with Crippen molar-refractivity contribution < 1.29 is 0 Å². The summed E-state index contributed by atoms with van der Waals surface area (Å²) in [4.78, 5) is 0. The highest BCUT2D eigenvalue weighted by Crippen LogP contribution is 2.23. The SMILES string of the molecule is C[C@@H]1CC[C@@H](C)N1/N=C(\C#N)CCc1ccccc1. The van der Waals surface area contributed by atoms with Gasteiger partial charge in [-0.1, -0.05) is 30.3 Å². The number of rotatable bonds is 4. The Kier molecular flexibility index (Phi) is 4.57. The van der Waals surface area contributed by atoms with Gasteiger partial charge in [0.15, 0.2) is 0 Å². The Bertz CT molecular complexity index is 463. The van der Waals surface area contributed by atoms with Crippen LogP contribution in [-0.2, 0) is 6.42 Å². The maximum atomic E-state index is 9.23. The Morgan fingerprint density at radius 1 is 1.26 bits per heavy atom. The zero-order chi connectivity index (χ0) is 13.7. The van der Waals surface area contributed by atoms with E-state index in [1.165, 1.54) is 18.4 Å². The van der Waals surface area contributed by atoms with E-state index in [-0.39, 0.29) is 0 Å². The van der Waals surface area contributed by atoms with Crippen molar-refractivity contribution in [2.45, 2.75) is 51.6 Å². The fraction of sp³-hybridized carbons (Fsp3) is 0.500. The first-order valence-electron chi connectivity index (χ1n) is 7.00. The van der Waals surface area contributed by atoms with Crippen LogP contribution in [0.2, 0.25) is 0 Å². The third kappa shape index (κ3) is 3.57. The molecule has 0 unspecified atom stereocenters. The molecule has 1 fully saturated rings. The molecule has 0 amide bonds. The Hall–Kier alpha value is -1.82. The first-order valence-corrected chi connectivity index (χ1v) is 7.00. The topological polar surface area (TPSA) is 39.4 Å². The summed E-state index contributed by atoms with van der Waals surface area (Å²) >= 11 is 0. The van der Waals surface area contributed by atoms with Crippen molar-refractivity contribution in [2.75, 3.05) is 0 Å². The monoisotopic (exact) mass is 255 g/mol. The van der Waals surface area contributed by atoms with Gasteiger partial charge in [0, 0.05) is 18.5 Å². The van der Waals surface area contributed by atoms with Gasteiger partial charge in [0.1, 0.15) is 11.8 Å². The highest BCUT2D eigenvalue weighted by atomic mass is 15.5. The quantitative estimate of drug-likeness (QED) is 0.774. The summed E-state index contributed by atoms with van der Waals surface area (Å²) < 4.78 is 0. The zero-order valence-electron chi connectivity index (χ0n) is 11.7. The molecule has 3 nitrogen and oxygen atoms in total. The van der Waals surface area contributed by atoms with Crippen molar-refractivity contribution in [3.8, 4) is 6.07 Å². The van der Waals surface area contributed by atoms with Gasteiger partial charge in [0.05, 0.1) is 0 Å². The molecule has 1 aliphatic rings. The molecule has 2 rings (SSSR count). The van der Waals surface area contributed by atoms with Gasteiger partial charge in [-0.05, 0) is 38.7 Å². The summed E-state index contributed by atoms with van der Waals surface area (Å²) in [6.07, 6.45) is 3.93. The molecular weight excluding hydrogens is 234 g/mol. The molecule has 100 valence electrons. The van der Waals surface area contributed by atoms with Crippen molar-refractivity contribution in [2.24, 2.45) is 5.10 Å². The largest absolute Gasteiger partial charge is 0.291 e. The molecule has 0 bridgehead atoms. The Balaban J connectivity index is 1.99. The number of aryl methyl sites for hydroxylation is 1. The van der Waals surface area contributed by atoms with Crippen LogP contribution in [0.4, 0.5) is 0 Å². The van der Waals surface area contributed by atoms with Gasteiger partial charge < -0.3 is 0 Å². The highest BCUT2D eigenvalue weighted by molar-refractivity contribution is 5.98. The van der Waals surface area contributed by atoms with E-state index in [9.17, 15) is 5.26 Å². The molecule has 0 spiro atoms. The van der Waals surface area contributed by atoms with Crippen LogP contribution in [0.1, 0.15) is 38.7 Å². The average molecular weight is 255 g/mol. The third-order valence-electron chi connectivity index (χ3n) is 3.76. The first kappa shape index (κ1) is 13.6. The van der Waals surface area contributed by atoms with E-state index in [2.05, 4.69) is 42.2 Å². The molecule has 0 saturated carbocycles. The number of benzene rings is 1. The normalized spacial score (nSPS) is 23.4. The van der Waals surface area contributed by atoms with E-state index < -0.39 is 0 Å². The number of nitrogens with zero attached hydrogens (tertiary/aromatic N) is 3. The smallest absolute Gasteiger partial charge is 0.138 e. The third-order valence-corrected chi connectivity index (χ3v) is 3.76. The van der Waals surface area contributed by atoms with Crippen LogP contribution >= 0.6 is 0 Å². The Labute approximate surface area is 115 Å². The van der Waals surface area contributed by atoms with E-state index in [1.807, 2.05) is 18.2 Å². The van der Waals surface area contributed by atoms with E-state index in [4.69, 9.17) is 0 Å². The second-order valence-electron chi connectivity index (χ2n) is 5.30. The Morgan fingerprint density at radius 3 is 2.47 bits per heavy atom. The second kappa shape index (κ2) is 6.38. The maximum absolute atomic E-state index is 9.23. The summed E-state index contributed by atoms with van der Waals surface area (Å²) in [6, 6.07) is 13.4. The van der Waals surface area contributed by atoms with Crippen LogP contribution in [0.5, 0.6) is 0 Å². The minimum absolute atomic E-state index is 0.454. The number of hydrogen-bond donors (Lipinski definition) is 0. The molecule has 1 saturated heterocycles. The molecule has 1 aliphatic heterocycles. The number of hydrazone groups is 1. The summed E-state index contributed by atoms with van der Waals surface area (Å²) in [7, 11) is 0. The van der Waals surface area contributed by atoms with Crippen molar-refractivity contribution in [1.82, 2.24) is 5.01 Å². The van der Waals surface area contributed by atoms with Crippen molar-refractivity contribution >= 4 is 5.71 Å². The summed E-state index contributed by atoms with van der Waals surface area (Å²) in [5, 5.41) is 15.9. The van der Waals surface area contributed by atoms with Gasteiger partial charge in [0.25, 0.3) is 0 Å². The minimum atomic E-state index is 0.454. The van der Waals surface area contributed by atoms with Gasteiger partial charge in [-0.15, -0.1) is 0 Å². The fourth-order valence-electron chi connectivity index (χ4n) is 2.55. The van der Waals surface area contributed by atoms with Crippen LogP contribution in [-0.4, -0.2) is 22.8 Å². The maximum Gasteiger partial charge on any atom is 0.138 e. The standard InChI is InChI=1S/C16H21N3/c1-13-8-9-14(2)19(13)18-16(12-17)11-10-15-6-4-3-5-7-15/h3-7,13-14H,8-11H2,1-2H3/b18-16-/t13-,14-/m1/s1. The van der Waals surface area contributed by atoms with Crippen molar-refractivity contribution in [3.63, 3.8) is 0 Å². The van der Waals surface area contributed by atoms with Crippen LogP contribution in [0.3, 0.4) is 0 Å². The summed E-state index contributed by atoms with van der Waals surface area (Å²) in [5.74, 6) is 0. The van der Waals surface area contributed by atoms with E-state index in [1.54, 1.807) is 0 Å². The molecule has 1 heterocycles.